The zero-order valence-corrected chi connectivity index (χ0v) is 17.0. The van der Waals surface area contributed by atoms with Crippen LogP contribution in [-0.4, -0.2) is 46.7 Å². The summed E-state index contributed by atoms with van der Waals surface area (Å²) in [6, 6.07) is 15.7. The Hall–Kier alpha value is -3.16. The number of amides is 1. The molecule has 1 aromatic heterocycles. The Labute approximate surface area is 175 Å². The first-order valence-corrected chi connectivity index (χ1v) is 10.1. The summed E-state index contributed by atoms with van der Waals surface area (Å²) in [4.78, 5) is 17.5. The average molecular weight is 407 g/mol. The van der Waals surface area contributed by atoms with Crippen LogP contribution >= 0.6 is 0 Å². The van der Waals surface area contributed by atoms with E-state index in [0.29, 0.717) is 23.7 Å². The smallest absolute Gasteiger partial charge is 0.299 e. The van der Waals surface area contributed by atoms with Crippen molar-refractivity contribution in [2.75, 3.05) is 25.0 Å². The van der Waals surface area contributed by atoms with E-state index in [1.54, 1.807) is 36.3 Å². The molecule has 156 valence electrons. The molecule has 0 radical (unpaired) electrons. The third-order valence-corrected chi connectivity index (χ3v) is 5.31. The average Bonchev–Trinajstić information content (AvgIpc) is 3.18. The van der Waals surface area contributed by atoms with Crippen molar-refractivity contribution in [3.8, 4) is 5.75 Å². The van der Waals surface area contributed by atoms with Crippen molar-refractivity contribution in [3.63, 3.8) is 0 Å². The number of nitrogens with zero attached hydrogens (tertiary/aromatic N) is 2. The number of rotatable bonds is 7. The first-order valence-electron chi connectivity index (χ1n) is 10.1. The zero-order chi connectivity index (χ0) is 20.9. The summed E-state index contributed by atoms with van der Waals surface area (Å²) in [6.07, 6.45) is 3.76. The highest BCUT2D eigenvalue weighted by Gasteiger charge is 2.19. The number of hydrogen-bond acceptors (Lipinski definition) is 4. The number of aryl methyl sites for hydroxylation is 1. The van der Waals surface area contributed by atoms with Crippen molar-refractivity contribution < 1.29 is 19.2 Å². The molecule has 7 heteroatoms. The molecule has 0 fully saturated rings. The van der Waals surface area contributed by atoms with Gasteiger partial charge in [0.05, 0.1) is 7.05 Å². The Morgan fingerprint density at radius 3 is 2.90 bits per heavy atom. The second-order valence-corrected chi connectivity index (χ2v) is 7.64. The maximum atomic E-state index is 12.3. The highest BCUT2D eigenvalue weighted by Crippen LogP contribution is 2.20. The van der Waals surface area contributed by atoms with Gasteiger partial charge in [-0.3, -0.25) is 9.69 Å². The van der Waals surface area contributed by atoms with Crippen LogP contribution in [0.25, 0.3) is 0 Å². The SMILES string of the molecule is C[n+]1c[nH]cc1C(=O)Nc1cccc(OC[C@@H](O)CN2CCc3ccccc3C2)c1. The largest absolute Gasteiger partial charge is 0.491 e. The molecule has 0 spiro atoms. The van der Waals surface area contributed by atoms with Gasteiger partial charge in [0.2, 0.25) is 12.0 Å². The normalized spacial score (nSPS) is 14.7. The van der Waals surface area contributed by atoms with Crippen molar-refractivity contribution in [3.05, 3.63) is 77.9 Å². The molecule has 1 atom stereocenters. The number of aromatic amines is 1. The van der Waals surface area contributed by atoms with E-state index < -0.39 is 6.10 Å². The predicted octanol–water partition coefficient (Wildman–Crippen LogP) is 1.89. The summed E-state index contributed by atoms with van der Waals surface area (Å²) in [5.74, 6) is 0.399. The maximum absolute atomic E-state index is 12.3. The molecule has 3 N–H and O–H groups in total. The third-order valence-electron chi connectivity index (χ3n) is 5.31. The minimum Gasteiger partial charge on any atom is -0.491 e. The van der Waals surface area contributed by atoms with Gasteiger partial charge >= 0.3 is 0 Å². The van der Waals surface area contributed by atoms with Crippen molar-refractivity contribution in [1.82, 2.24) is 9.88 Å². The van der Waals surface area contributed by atoms with E-state index in [-0.39, 0.29) is 12.5 Å². The van der Waals surface area contributed by atoms with Crippen LogP contribution in [0.1, 0.15) is 21.6 Å². The Bertz CT molecular complexity index is 1020. The summed E-state index contributed by atoms with van der Waals surface area (Å²) in [5, 5.41) is 13.3. The van der Waals surface area contributed by atoms with Crippen molar-refractivity contribution in [2.45, 2.75) is 19.1 Å². The van der Waals surface area contributed by atoms with Gasteiger partial charge in [0.15, 0.2) is 0 Å². The molecule has 0 unspecified atom stereocenters. The number of imidazole rings is 1. The van der Waals surface area contributed by atoms with Gasteiger partial charge < -0.3 is 15.2 Å². The van der Waals surface area contributed by atoms with E-state index in [1.165, 1.54) is 11.1 Å². The van der Waals surface area contributed by atoms with E-state index in [4.69, 9.17) is 4.74 Å². The number of fused-ring (bicyclic) bond motifs is 1. The molecule has 7 nitrogen and oxygen atoms in total. The van der Waals surface area contributed by atoms with Gasteiger partial charge in [-0.05, 0) is 29.7 Å². The topological polar surface area (TPSA) is 81.5 Å². The van der Waals surface area contributed by atoms with E-state index in [0.717, 1.165) is 19.5 Å². The van der Waals surface area contributed by atoms with Crippen LogP contribution in [0, 0.1) is 0 Å². The number of anilines is 1. The molecule has 0 saturated heterocycles. The van der Waals surface area contributed by atoms with Crippen LogP contribution in [0.4, 0.5) is 5.69 Å². The van der Waals surface area contributed by atoms with Gasteiger partial charge in [-0.1, -0.05) is 30.3 Å². The van der Waals surface area contributed by atoms with Crippen LogP contribution in [0.3, 0.4) is 0 Å². The quantitative estimate of drug-likeness (QED) is 0.523. The van der Waals surface area contributed by atoms with Crippen LogP contribution in [0.5, 0.6) is 5.75 Å². The molecule has 4 rings (SSSR count). The molecular weight excluding hydrogens is 380 g/mol. The standard InChI is InChI=1S/C23H26N4O3/c1-26-16-24-12-22(26)23(29)25-19-7-4-8-21(11-19)30-15-20(28)14-27-10-9-17-5-2-3-6-18(17)13-27/h2-8,11-12,16,20,28H,9-10,13-15H2,1H3,(H,25,29)/p+1/t20-/m0/s1. The van der Waals surface area contributed by atoms with Crippen LogP contribution in [0.15, 0.2) is 61.1 Å². The number of hydrogen-bond donors (Lipinski definition) is 3. The van der Waals surface area contributed by atoms with Gasteiger partial charge in [0.1, 0.15) is 24.7 Å². The fourth-order valence-electron chi connectivity index (χ4n) is 3.74. The minimum absolute atomic E-state index is 0.197. The van der Waals surface area contributed by atoms with Gasteiger partial charge in [0.25, 0.3) is 5.91 Å². The first kappa shape index (κ1) is 20.1. The number of carbonyl (C=O) groups excluding carboxylic acids is 1. The molecule has 1 aliphatic heterocycles. The third kappa shape index (κ3) is 4.87. The molecule has 0 bridgehead atoms. The molecule has 2 aromatic carbocycles. The van der Waals surface area contributed by atoms with Crippen molar-refractivity contribution in [1.29, 1.82) is 0 Å². The lowest BCUT2D eigenvalue weighted by molar-refractivity contribution is -0.671. The molecule has 1 aliphatic rings. The zero-order valence-electron chi connectivity index (χ0n) is 17.0. The highest BCUT2D eigenvalue weighted by atomic mass is 16.5. The summed E-state index contributed by atoms with van der Waals surface area (Å²) in [7, 11) is 1.80. The number of aliphatic hydroxyl groups excluding tert-OH is 1. The molecule has 0 saturated carbocycles. The first-order chi connectivity index (χ1) is 14.6. The van der Waals surface area contributed by atoms with Crippen LogP contribution < -0.4 is 14.6 Å². The molecule has 3 aromatic rings. The lowest BCUT2D eigenvalue weighted by Gasteiger charge is -2.30. The minimum atomic E-state index is -0.590. The Kier molecular flexibility index (Phi) is 6.11. The second-order valence-electron chi connectivity index (χ2n) is 7.64. The fourth-order valence-corrected chi connectivity index (χ4v) is 3.74. The number of aromatic nitrogens is 2. The lowest BCUT2D eigenvalue weighted by Crippen LogP contribution is -2.38. The molecule has 2 heterocycles. The molecule has 30 heavy (non-hydrogen) atoms. The van der Waals surface area contributed by atoms with E-state index in [9.17, 15) is 9.90 Å². The molecule has 0 aliphatic carbocycles. The highest BCUT2D eigenvalue weighted by molar-refractivity contribution is 6.01. The monoisotopic (exact) mass is 407 g/mol. The number of carbonyl (C=O) groups is 1. The Morgan fingerprint density at radius 1 is 1.27 bits per heavy atom. The summed E-state index contributed by atoms with van der Waals surface area (Å²) < 4.78 is 7.49. The number of aliphatic hydroxyl groups is 1. The van der Waals surface area contributed by atoms with E-state index >= 15 is 0 Å². The molecular formula is C23H27N4O3+. The number of H-pyrrole nitrogens is 1. The maximum Gasteiger partial charge on any atom is 0.299 e. The van der Waals surface area contributed by atoms with E-state index in [1.807, 2.05) is 12.1 Å². The fraction of sp³-hybridized carbons (Fsp3) is 0.304. The number of nitrogens with one attached hydrogen (secondary N) is 2. The van der Waals surface area contributed by atoms with Gasteiger partial charge in [-0.15, -0.1) is 0 Å². The second kappa shape index (κ2) is 9.11. The van der Waals surface area contributed by atoms with Gasteiger partial charge in [0, 0.05) is 31.4 Å². The summed E-state index contributed by atoms with van der Waals surface area (Å²) in [6.45, 7) is 2.55. The van der Waals surface area contributed by atoms with Gasteiger partial charge in [-0.2, -0.15) is 0 Å². The number of β-amino-alcohol motifs (C(OH)–C–C–N with tert-alkyl or cyclic N) is 1. The predicted molar refractivity (Wildman–Crippen MR) is 113 cm³/mol. The lowest BCUT2D eigenvalue weighted by atomic mass is 10.00. The summed E-state index contributed by atoms with van der Waals surface area (Å²) >= 11 is 0. The molecule has 1 amide bonds. The number of benzene rings is 2. The van der Waals surface area contributed by atoms with Crippen LogP contribution in [0.2, 0.25) is 0 Å². The van der Waals surface area contributed by atoms with Crippen molar-refractivity contribution >= 4 is 11.6 Å². The van der Waals surface area contributed by atoms with Crippen molar-refractivity contribution in [2.24, 2.45) is 7.05 Å². The van der Waals surface area contributed by atoms with Gasteiger partial charge in [-0.25, -0.2) is 9.55 Å². The Balaban J connectivity index is 1.28. The summed E-state index contributed by atoms with van der Waals surface area (Å²) in [5.41, 5.74) is 3.89. The number of ether oxygens (including phenoxy) is 1. The Morgan fingerprint density at radius 2 is 2.10 bits per heavy atom. The van der Waals surface area contributed by atoms with E-state index in [2.05, 4.69) is 39.5 Å². The van der Waals surface area contributed by atoms with Crippen LogP contribution in [-0.2, 0) is 20.0 Å².